The van der Waals surface area contributed by atoms with Gasteiger partial charge in [0, 0.05) is 11.8 Å². The third-order valence-electron chi connectivity index (χ3n) is 6.70. The molecular weight excluding hydrogens is 523 g/mol. The normalized spacial score (nSPS) is 14.7. The molecule has 2 aromatic heterocycles. The summed E-state index contributed by atoms with van der Waals surface area (Å²) in [5.74, 6) is -0.444. The van der Waals surface area contributed by atoms with E-state index < -0.39 is 24.1 Å². The van der Waals surface area contributed by atoms with E-state index in [4.69, 9.17) is 4.74 Å². The van der Waals surface area contributed by atoms with Crippen LogP contribution in [-0.2, 0) is 4.74 Å². The van der Waals surface area contributed by atoms with Crippen molar-refractivity contribution in [2.75, 3.05) is 16.8 Å². The van der Waals surface area contributed by atoms with E-state index in [0.717, 1.165) is 0 Å². The second kappa shape index (κ2) is 9.60. The molecular formula is C29H22F3N5O3. The highest BCUT2D eigenvalue weighted by Crippen LogP contribution is 2.46. The van der Waals surface area contributed by atoms with Gasteiger partial charge >= 0.3 is 18.0 Å². The van der Waals surface area contributed by atoms with Crippen molar-refractivity contribution in [3.05, 3.63) is 107 Å². The number of fused-ring (bicyclic) bond motifs is 2. The molecule has 2 N–H and O–H groups in total. The van der Waals surface area contributed by atoms with Crippen molar-refractivity contribution in [2.24, 2.45) is 0 Å². The molecule has 1 unspecified atom stereocenters. The predicted molar refractivity (Wildman–Crippen MR) is 144 cm³/mol. The average molecular weight is 546 g/mol. The van der Waals surface area contributed by atoms with Gasteiger partial charge in [-0.25, -0.2) is 14.6 Å². The maximum absolute atomic E-state index is 14.0. The van der Waals surface area contributed by atoms with Gasteiger partial charge in [-0.05, 0) is 60.5 Å². The average Bonchev–Trinajstić information content (AvgIpc) is 3.50. The standard InChI is InChI=1S/C29H22F3N5O3/c1-2-40-27(38)19-7-5-6-18(14-19)20-15-24-25(33-16-20)35-28(39)36(24)21-12-10-17(11-13-21)26-34-22-8-3-4-9-23(22)37(26)29(30,31)32/h3-16,26,34H,2H2,1H3,(H,33,35,39). The first-order valence-electron chi connectivity index (χ1n) is 12.4. The number of para-hydroxylation sites is 2. The predicted octanol–water partition coefficient (Wildman–Crippen LogP) is 6.01. The van der Waals surface area contributed by atoms with E-state index in [1.807, 2.05) is 6.07 Å². The molecule has 3 heterocycles. The number of pyridine rings is 1. The molecule has 11 heteroatoms. The number of aromatic nitrogens is 3. The number of hydrogen-bond donors (Lipinski definition) is 2. The van der Waals surface area contributed by atoms with Gasteiger partial charge in [-0.2, -0.15) is 0 Å². The number of alkyl halides is 3. The number of imidazole rings is 1. The quantitative estimate of drug-likeness (QED) is 0.208. The summed E-state index contributed by atoms with van der Waals surface area (Å²) < 4.78 is 48.5. The van der Waals surface area contributed by atoms with Crippen LogP contribution in [-0.4, -0.2) is 33.4 Å². The van der Waals surface area contributed by atoms with E-state index in [2.05, 4.69) is 15.3 Å². The summed E-state index contributed by atoms with van der Waals surface area (Å²) in [5.41, 5.74) is 3.37. The molecule has 6 rings (SSSR count). The number of hydrogen-bond acceptors (Lipinski definition) is 6. The molecule has 0 amide bonds. The number of ether oxygens (including phenoxy) is 1. The van der Waals surface area contributed by atoms with Crippen LogP contribution < -0.4 is 15.9 Å². The number of aromatic amines is 1. The molecule has 0 saturated heterocycles. The second-order valence-electron chi connectivity index (χ2n) is 9.15. The summed E-state index contributed by atoms with van der Waals surface area (Å²) in [5, 5.41) is 2.94. The minimum Gasteiger partial charge on any atom is -0.462 e. The maximum atomic E-state index is 14.0. The highest BCUT2D eigenvalue weighted by atomic mass is 19.4. The Morgan fingerprint density at radius 1 is 1.00 bits per heavy atom. The van der Waals surface area contributed by atoms with Crippen molar-refractivity contribution in [1.29, 1.82) is 0 Å². The van der Waals surface area contributed by atoms with Gasteiger partial charge in [0.25, 0.3) is 0 Å². The first-order valence-corrected chi connectivity index (χ1v) is 12.4. The molecule has 0 aliphatic carbocycles. The number of rotatable bonds is 5. The Bertz CT molecular complexity index is 1790. The molecule has 1 aliphatic rings. The van der Waals surface area contributed by atoms with Crippen molar-refractivity contribution in [1.82, 2.24) is 14.5 Å². The van der Waals surface area contributed by atoms with Crippen LogP contribution in [0.25, 0.3) is 28.0 Å². The number of halogens is 3. The molecule has 1 atom stereocenters. The number of benzene rings is 3. The number of carbonyl (C=O) groups excluding carboxylic acids is 1. The summed E-state index contributed by atoms with van der Waals surface area (Å²) in [4.78, 5) is 32.6. The molecule has 0 bridgehead atoms. The smallest absolute Gasteiger partial charge is 0.462 e. The van der Waals surface area contributed by atoms with E-state index in [-0.39, 0.29) is 12.3 Å². The SMILES string of the molecule is CCOC(=O)c1cccc(-c2cnc3[nH]c(=O)n(-c4ccc(C5Nc6ccccc6N5C(F)(F)F)cc4)c3c2)c1. The van der Waals surface area contributed by atoms with Crippen molar-refractivity contribution >= 4 is 28.5 Å². The van der Waals surface area contributed by atoms with Gasteiger partial charge < -0.3 is 10.1 Å². The summed E-state index contributed by atoms with van der Waals surface area (Å²) in [6, 6.07) is 21.2. The number of nitrogens with zero attached hydrogens (tertiary/aromatic N) is 3. The number of H-pyrrole nitrogens is 1. The van der Waals surface area contributed by atoms with E-state index >= 15 is 0 Å². The largest absolute Gasteiger partial charge is 0.486 e. The van der Waals surface area contributed by atoms with Crippen molar-refractivity contribution in [2.45, 2.75) is 19.4 Å². The van der Waals surface area contributed by atoms with Crippen molar-refractivity contribution in [3.8, 4) is 16.8 Å². The summed E-state index contributed by atoms with van der Waals surface area (Å²) in [6.45, 7) is 1.98. The van der Waals surface area contributed by atoms with E-state index in [0.29, 0.717) is 49.7 Å². The Morgan fingerprint density at radius 2 is 1.77 bits per heavy atom. The molecule has 40 heavy (non-hydrogen) atoms. The Hall–Kier alpha value is -5.06. The summed E-state index contributed by atoms with van der Waals surface area (Å²) in [6.07, 6.45) is -4.18. The van der Waals surface area contributed by atoms with E-state index in [1.165, 1.54) is 10.6 Å². The fourth-order valence-corrected chi connectivity index (χ4v) is 4.92. The zero-order chi connectivity index (χ0) is 28.0. The molecule has 5 aromatic rings. The minimum absolute atomic E-state index is 0.0440. The van der Waals surface area contributed by atoms with Crippen LogP contribution in [0.4, 0.5) is 24.5 Å². The summed E-state index contributed by atoms with van der Waals surface area (Å²) >= 11 is 0. The highest BCUT2D eigenvalue weighted by Gasteiger charge is 2.47. The van der Waals surface area contributed by atoms with Gasteiger partial charge in [-0.3, -0.25) is 14.5 Å². The lowest BCUT2D eigenvalue weighted by Crippen LogP contribution is -2.40. The number of esters is 1. The van der Waals surface area contributed by atoms with Crippen molar-refractivity contribution in [3.63, 3.8) is 0 Å². The molecule has 1 aliphatic heterocycles. The fourth-order valence-electron chi connectivity index (χ4n) is 4.92. The van der Waals surface area contributed by atoms with Crippen LogP contribution in [0, 0.1) is 0 Å². The number of anilines is 2. The third-order valence-corrected chi connectivity index (χ3v) is 6.70. The van der Waals surface area contributed by atoms with Gasteiger partial charge in [0.05, 0.1) is 34.7 Å². The fraction of sp³-hybridized carbons (Fsp3) is 0.138. The Balaban J connectivity index is 1.36. The molecule has 3 aromatic carbocycles. The Morgan fingerprint density at radius 3 is 2.52 bits per heavy atom. The first-order chi connectivity index (χ1) is 19.2. The third kappa shape index (κ3) is 4.35. The van der Waals surface area contributed by atoms with Crippen LogP contribution >= 0.6 is 0 Å². The minimum atomic E-state index is -4.61. The van der Waals surface area contributed by atoms with Gasteiger partial charge in [0.1, 0.15) is 6.17 Å². The van der Waals surface area contributed by atoms with E-state index in [1.54, 1.807) is 79.9 Å². The Kier molecular flexibility index (Phi) is 6.05. The van der Waals surface area contributed by atoms with E-state index in [9.17, 15) is 22.8 Å². The van der Waals surface area contributed by atoms with Crippen LogP contribution in [0.5, 0.6) is 0 Å². The van der Waals surface area contributed by atoms with Crippen LogP contribution in [0.15, 0.2) is 89.9 Å². The van der Waals surface area contributed by atoms with Gasteiger partial charge in [0.2, 0.25) is 0 Å². The molecule has 202 valence electrons. The van der Waals surface area contributed by atoms with Crippen LogP contribution in [0.1, 0.15) is 29.0 Å². The maximum Gasteiger partial charge on any atom is 0.486 e. The topological polar surface area (TPSA) is 92.2 Å². The Labute approximate surface area is 225 Å². The molecule has 8 nitrogen and oxygen atoms in total. The van der Waals surface area contributed by atoms with Gasteiger partial charge in [-0.1, -0.05) is 36.4 Å². The second-order valence-corrected chi connectivity index (χ2v) is 9.15. The monoisotopic (exact) mass is 545 g/mol. The molecule has 0 fully saturated rings. The number of carbonyl (C=O) groups is 1. The van der Waals surface area contributed by atoms with Crippen molar-refractivity contribution < 1.29 is 22.7 Å². The lowest BCUT2D eigenvalue weighted by molar-refractivity contribution is -0.132. The zero-order valence-electron chi connectivity index (χ0n) is 21.1. The zero-order valence-corrected chi connectivity index (χ0v) is 21.1. The number of nitrogens with one attached hydrogen (secondary N) is 2. The molecule has 0 radical (unpaired) electrons. The first kappa shape index (κ1) is 25.2. The lowest BCUT2D eigenvalue weighted by atomic mass is 10.0. The molecule has 0 saturated carbocycles. The molecule has 0 spiro atoms. The van der Waals surface area contributed by atoms with Crippen LogP contribution in [0.2, 0.25) is 0 Å². The van der Waals surface area contributed by atoms with Gasteiger partial charge in [0.15, 0.2) is 5.65 Å². The van der Waals surface area contributed by atoms with Gasteiger partial charge in [-0.15, -0.1) is 13.2 Å². The highest BCUT2D eigenvalue weighted by molar-refractivity contribution is 5.91. The van der Waals surface area contributed by atoms with Crippen LogP contribution in [0.3, 0.4) is 0 Å². The lowest BCUT2D eigenvalue weighted by Gasteiger charge is -2.29. The summed E-state index contributed by atoms with van der Waals surface area (Å²) in [7, 11) is 0.